The summed E-state index contributed by atoms with van der Waals surface area (Å²) >= 11 is 6.65. The second-order valence-electron chi connectivity index (χ2n) is 6.19. The van der Waals surface area contributed by atoms with Gasteiger partial charge in [0.15, 0.2) is 5.16 Å². The van der Waals surface area contributed by atoms with Gasteiger partial charge >= 0.3 is 6.18 Å². The van der Waals surface area contributed by atoms with E-state index in [1.165, 1.54) is 12.3 Å². The predicted octanol–water partition coefficient (Wildman–Crippen LogP) is 2.84. The van der Waals surface area contributed by atoms with E-state index >= 15 is 0 Å². The topological polar surface area (TPSA) is 85.2 Å². The van der Waals surface area contributed by atoms with Crippen LogP contribution in [0.4, 0.5) is 24.9 Å². The van der Waals surface area contributed by atoms with Crippen LogP contribution in [0.15, 0.2) is 23.5 Å². The number of halogens is 4. The average Bonchev–Trinajstić information content (AvgIpc) is 3.04. The van der Waals surface area contributed by atoms with E-state index in [9.17, 15) is 18.0 Å². The molecule has 3 rings (SSSR count). The van der Waals surface area contributed by atoms with Crippen molar-refractivity contribution in [1.29, 1.82) is 0 Å². The molecule has 0 aromatic carbocycles. The van der Waals surface area contributed by atoms with Crippen molar-refractivity contribution in [2.45, 2.75) is 30.1 Å². The molecular weight excluding hydrogens is 433 g/mol. The number of morpholine rings is 1. The zero-order chi connectivity index (χ0) is 21.0. The lowest BCUT2D eigenvalue weighted by Gasteiger charge is -2.28. The summed E-state index contributed by atoms with van der Waals surface area (Å²) in [4.78, 5) is 18.0. The number of amides is 1. The van der Waals surface area contributed by atoms with Gasteiger partial charge in [-0.3, -0.25) is 9.36 Å². The summed E-state index contributed by atoms with van der Waals surface area (Å²) in [5, 5.41) is 10.1. The number of ether oxygens (including phenoxy) is 1. The van der Waals surface area contributed by atoms with E-state index in [2.05, 4.69) is 20.5 Å². The molecule has 0 aliphatic carbocycles. The number of hydrogen-bond donors (Lipinski definition) is 1. The third-order valence-electron chi connectivity index (χ3n) is 3.96. The quantitative estimate of drug-likeness (QED) is 0.677. The van der Waals surface area contributed by atoms with Gasteiger partial charge in [-0.05, 0) is 19.1 Å². The second kappa shape index (κ2) is 9.18. The van der Waals surface area contributed by atoms with E-state index in [0.29, 0.717) is 31.3 Å². The van der Waals surface area contributed by atoms with E-state index in [1.807, 2.05) is 0 Å². The van der Waals surface area contributed by atoms with Gasteiger partial charge < -0.3 is 15.0 Å². The van der Waals surface area contributed by atoms with Gasteiger partial charge in [-0.15, -0.1) is 10.2 Å². The average molecular weight is 451 g/mol. The number of carbonyl (C=O) groups is 1. The summed E-state index contributed by atoms with van der Waals surface area (Å²) < 4.78 is 45.6. The lowest BCUT2D eigenvalue weighted by molar-refractivity contribution is -0.141. The van der Waals surface area contributed by atoms with Gasteiger partial charge in [0, 0.05) is 19.3 Å². The van der Waals surface area contributed by atoms with Crippen molar-refractivity contribution in [3.63, 3.8) is 0 Å². The second-order valence-corrected chi connectivity index (χ2v) is 7.94. The molecule has 0 bridgehead atoms. The zero-order valence-corrected chi connectivity index (χ0v) is 16.9. The number of nitrogens with zero attached hydrogens (tertiary/aromatic N) is 5. The minimum atomic E-state index is -4.46. The van der Waals surface area contributed by atoms with Crippen LogP contribution in [0.25, 0.3) is 0 Å². The highest BCUT2D eigenvalue weighted by Crippen LogP contribution is 2.30. The Hall–Kier alpha value is -2.05. The maximum Gasteiger partial charge on any atom is 0.406 e. The molecule has 1 aliphatic heterocycles. The summed E-state index contributed by atoms with van der Waals surface area (Å²) in [5.74, 6) is -0.0305. The molecule has 0 spiro atoms. The van der Waals surface area contributed by atoms with Gasteiger partial charge in [0.05, 0.1) is 23.5 Å². The first-order valence-electron chi connectivity index (χ1n) is 8.64. The normalized spacial score (nSPS) is 16.0. The van der Waals surface area contributed by atoms with Crippen LogP contribution in [0.3, 0.4) is 0 Å². The lowest BCUT2D eigenvalue weighted by atomic mass is 10.4. The summed E-state index contributed by atoms with van der Waals surface area (Å²) in [6, 6.07) is 3.09. The molecule has 13 heteroatoms. The largest absolute Gasteiger partial charge is 0.406 e. The Balaban J connectivity index is 1.75. The predicted molar refractivity (Wildman–Crippen MR) is 102 cm³/mol. The van der Waals surface area contributed by atoms with Crippen LogP contribution in [-0.4, -0.2) is 63.4 Å². The summed E-state index contributed by atoms with van der Waals surface area (Å²) in [6.07, 6.45) is -3.08. The van der Waals surface area contributed by atoms with Crippen LogP contribution in [-0.2, 0) is 16.1 Å². The highest BCUT2D eigenvalue weighted by molar-refractivity contribution is 8.00. The van der Waals surface area contributed by atoms with Gasteiger partial charge in [-0.1, -0.05) is 23.4 Å². The number of hydrogen-bond acceptors (Lipinski definition) is 7. The first-order chi connectivity index (χ1) is 13.7. The summed E-state index contributed by atoms with van der Waals surface area (Å²) in [6.45, 7) is 1.94. The van der Waals surface area contributed by atoms with Crippen molar-refractivity contribution in [2.24, 2.45) is 0 Å². The van der Waals surface area contributed by atoms with E-state index in [0.717, 1.165) is 16.3 Å². The molecule has 0 radical (unpaired) electrons. The fourth-order valence-corrected chi connectivity index (χ4v) is 3.53. The van der Waals surface area contributed by atoms with Crippen molar-refractivity contribution in [3.05, 3.63) is 23.4 Å². The Morgan fingerprint density at radius 1 is 1.34 bits per heavy atom. The van der Waals surface area contributed by atoms with Crippen molar-refractivity contribution < 1.29 is 22.7 Å². The highest BCUT2D eigenvalue weighted by Gasteiger charge is 2.33. The number of pyridine rings is 1. The molecule has 29 heavy (non-hydrogen) atoms. The van der Waals surface area contributed by atoms with Crippen LogP contribution < -0.4 is 10.2 Å². The maximum atomic E-state index is 13.1. The van der Waals surface area contributed by atoms with Crippen LogP contribution in [0, 0.1) is 0 Å². The van der Waals surface area contributed by atoms with E-state index in [4.69, 9.17) is 16.3 Å². The number of rotatable bonds is 6. The molecule has 2 aromatic heterocycles. The number of carbonyl (C=O) groups excluding carboxylic acids is 1. The van der Waals surface area contributed by atoms with Crippen molar-refractivity contribution in [3.8, 4) is 0 Å². The standard InChI is InChI=1S/C16H18ClF3N6O2S/c1-10(13(27)22-12-3-2-11(17)8-21-12)29-15-24-23-14(25-4-6-28-7-5-25)26(15)9-16(18,19)20/h2-3,8,10H,4-7,9H2,1H3,(H,21,22,27). The molecule has 158 valence electrons. The maximum absolute atomic E-state index is 13.1. The Morgan fingerprint density at radius 2 is 2.07 bits per heavy atom. The zero-order valence-electron chi connectivity index (χ0n) is 15.3. The molecule has 0 saturated carbocycles. The fourth-order valence-electron chi connectivity index (χ4n) is 2.57. The van der Waals surface area contributed by atoms with Gasteiger partial charge in [0.1, 0.15) is 12.4 Å². The number of nitrogens with one attached hydrogen (secondary N) is 1. The Labute approximate surface area is 173 Å². The summed E-state index contributed by atoms with van der Waals surface area (Å²) in [5.41, 5.74) is 0. The molecule has 1 aliphatic rings. The fraction of sp³-hybridized carbons (Fsp3) is 0.500. The van der Waals surface area contributed by atoms with Crippen molar-refractivity contribution >= 4 is 41.0 Å². The molecule has 1 saturated heterocycles. The number of aromatic nitrogens is 4. The van der Waals surface area contributed by atoms with Gasteiger partial charge in [-0.2, -0.15) is 13.2 Å². The number of thioether (sulfide) groups is 1. The van der Waals surface area contributed by atoms with Crippen LogP contribution in [0.1, 0.15) is 6.92 Å². The lowest BCUT2D eigenvalue weighted by Crippen LogP contribution is -2.38. The third kappa shape index (κ3) is 5.97. The molecule has 3 heterocycles. The van der Waals surface area contributed by atoms with Gasteiger partial charge in [-0.25, -0.2) is 4.98 Å². The Kier molecular flexibility index (Phi) is 6.85. The third-order valence-corrected chi connectivity index (χ3v) is 5.26. The van der Waals surface area contributed by atoms with E-state index in [1.54, 1.807) is 17.9 Å². The van der Waals surface area contributed by atoms with Crippen molar-refractivity contribution in [1.82, 2.24) is 19.7 Å². The molecule has 1 N–H and O–H groups in total. The smallest absolute Gasteiger partial charge is 0.378 e. The highest BCUT2D eigenvalue weighted by atomic mass is 35.5. The first kappa shape index (κ1) is 21.7. The molecule has 1 amide bonds. The number of anilines is 2. The Bertz CT molecular complexity index is 842. The summed E-state index contributed by atoms with van der Waals surface area (Å²) in [7, 11) is 0. The van der Waals surface area contributed by atoms with Gasteiger partial charge in [0.25, 0.3) is 0 Å². The monoisotopic (exact) mass is 450 g/mol. The molecule has 2 aromatic rings. The minimum absolute atomic E-state index is 0.00975. The Morgan fingerprint density at radius 3 is 2.69 bits per heavy atom. The minimum Gasteiger partial charge on any atom is -0.378 e. The number of alkyl halides is 3. The first-order valence-corrected chi connectivity index (χ1v) is 9.90. The van der Waals surface area contributed by atoms with E-state index < -0.39 is 23.9 Å². The molecule has 1 atom stereocenters. The van der Waals surface area contributed by atoms with Crippen LogP contribution in [0.2, 0.25) is 5.02 Å². The van der Waals surface area contributed by atoms with E-state index in [-0.39, 0.29) is 16.9 Å². The van der Waals surface area contributed by atoms with Crippen LogP contribution in [0.5, 0.6) is 0 Å². The molecule has 1 fully saturated rings. The van der Waals surface area contributed by atoms with Crippen LogP contribution >= 0.6 is 23.4 Å². The van der Waals surface area contributed by atoms with Gasteiger partial charge in [0.2, 0.25) is 11.9 Å². The van der Waals surface area contributed by atoms with Crippen molar-refractivity contribution in [2.75, 3.05) is 36.5 Å². The SMILES string of the molecule is CC(Sc1nnc(N2CCOCC2)n1CC(F)(F)F)C(=O)Nc1ccc(Cl)cn1. The molecule has 8 nitrogen and oxygen atoms in total. The molecule has 1 unspecified atom stereocenters. The molecular formula is C16H18ClF3N6O2S.